The van der Waals surface area contributed by atoms with Crippen LogP contribution < -0.4 is 30.9 Å². The molecule has 4 aromatic rings. The summed E-state index contributed by atoms with van der Waals surface area (Å²) in [6, 6.07) is 21.2. The fraction of sp³-hybridized carbons (Fsp3) is 0.143. The van der Waals surface area contributed by atoms with Crippen LogP contribution in [0.2, 0.25) is 0 Å². The first kappa shape index (κ1) is 30.5. The number of non-ortho nitro benzene ring substituents is 1. The summed E-state index contributed by atoms with van der Waals surface area (Å²) in [6.07, 6.45) is 1.21. The molecule has 222 valence electrons. The lowest BCUT2D eigenvalue weighted by Crippen LogP contribution is -2.42. The van der Waals surface area contributed by atoms with Crippen LogP contribution in [0.25, 0.3) is 0 Å². The normalized spacial score (nSPS) is 11.7. The first-order valence-electron chi connectivity index (χ1n) is 12.7. The van der Waals surface area contributed by atoms with Crippen molar-refractivity contribution in [1.29, 1.82) is 0 Å². The van der Waals surface area contributed by atoms with Crippen molar-refractivity contribution in [2.75, 3.05) is 6.54 Å². The summed E-state index contributed by atoms with van der Waals surface area (Å²) in [5.74, 6) is -2.87. The Balaban J connectivity index is 1.63. The number of H-pyrrole nitrogens is 1. The van der Waals surface area contributed by atoms with Crippen molar-refractivity contribution < 1.29 is 28.1 Å². The van der Waals surface area contributed by atoms with Gasteiger partial charge in [0.2, 0.25) is 11.8 Å². The number of nitro benzene ring substituents is 1. The number of para-hydroxylation sites is 2. The minimum atomic E-state index is -4.46. The number of aromatic nitrogens is 2. The van der Waals surface area contributed by atoms with Crippen LogP contribution >= 0.6 is 7.60 Å². The van der Waals surface area contributed by atoms with Crippen LogP contribution in [-0.4, -0.2) is 32.8 Å². The number of hydrogen-bond acceptors (Lipinski definition) is 9. The van der Waals surface area contributed by atoms with Crippen molar-refractivity contribution in [1.82, 2.24) is 20.2 Å². The molecular weight excluding hydrogens is 581 g/mol. The van der Waals surface area contributed by atoms with Crippen molar-refractivity contribution in [3.63, 3.8) is 0 Å². The van der Waals surface area contributed by atoms with Crippen molar-refractivity contribution in [2.24, 2.45) is 0 Å². The quantitative estimate of drug-likeness (QED) is 0.123. The molecule has 0 aliphatic carbocycles. The van der Waals surface area contributed by atoms with Gasteiger partial charge in [0, 0.05) is 23.9 Å². The second-order valence-corrected chi connectivity index (χ2v) is 11.1. The van der Waals surface area contributed by atoms with E-state index in [1.807, 2.05) is 0 Å². The van der Waals surface area contributed by atoms with Crippen LogP contribution in [0.3, 0.4) is 0 Å². The largest absolute Gasteiger partial charge is 0.457 e. The van der Waals surface area contributed by atoms with Crippen LogP contribution in [-0.2, 0) is 20.7 Å². The predicted molar refractivity (Wildman–Crippen MR) is 155 cm³/mol. The zero-order valence-corrected chi connectivity index (χ0v) is 23.6. The monoisotopic (exact) mass is 607 g/mol. The number of carbonyl (C=O) groups is 2. The Hall–Kier alpha value is -5.49. The number of benzene rings is 3. The molecule has 0 saturated heterocycles. The molecule has 0 aliphatic rings. The molecule has 43 heavy (non-hydrogen) atoms. The molecule has 0 saturated carbocycles. The Morgan fingerprint density at radius 1 is 0.953 bits per heavy atom. The van der Waals surface area contributed by atoms with Crippen LogP contribution in [0.15, 0.2) is 101 Å². The van der Waals surface area contributed by atoms with E-state index >= 15 is 0 Å². The second kappa shape index (κ2) is 13.4. The van der Waals surface area contributed by atoms with Gasteiger partial charge in [-0.05, 0) is 36.8 Å². The van der Waals surface area contributed by atoms with Gasteiger partial charge in [-0.2, -0.15) is 0 Å². The average Bonchev–Trinajstić information content (AvgIpc) is 2.98. The highest BCUT2D eigenvalue weighted by Gasteiger charge is 2.42. The maximum atomic E-state index is 14.6. The van der Waals surface area contributed by atoms with Crippen LogP contribution in [0, 0.1) is 17.0 Å². The minimum absolute atomic E-state index is 0.0411. The highest BCUT2D eigenvalue weighted by Crippen LogP contribution is 2.59. The average molecular weight is 608 g/mol. The van der Waals surface area contributed by atoms with Crippen LogP contribution in [0.4, 0.5) is 5.69 Å². The summed E-state index contributed by atoms with van der Waals surface area (Å²) in [7, 11) is -4.46. The molecule has 1 heterocycles. The fourth-order valence-electron chi connectivity index (χ4n) is 3.86. The van der Waals surface area contributed by atoms with E-state index in [2.05, 4.69) is 15.6 Å². The SMILES string of the molecule is Cc1cn(CC(=O)NCC(=O)NC(c2cccc([N+](=O)[O-])c2)P(=O)(Oc2ccccc2)Oc2ccccc2)c(=O)[nH]c1=O. The standard InChI is InChI=1S/C28H26N5O9P/c1-19-17-32(28(37)31-26(19)36)18-25(35)29-16-24(34)30-27(20-9-8-10-21(15-20)33(38)39)43(40,41-22-11-4-2-5-12-22)42-23-13-6-3-7-14-23/h2-15,17,27H,16,18H2,1H3,(H,29,35)(H,30,34)(H,31,36,37). The maximum Gasteiger partial charge on any atom is 0.457 e. The van der Waals surface area contributed by atoms with E-state index in [1.54, 1.807) is 36.4 Å². The fourth-order valence-corrected chi connectivity index (χ4v) is 5.77. The van der Waals surface area contributed by atoms with E-state index in [-0.39, 0.29) is 28.3 Å². The van der Waals surface area contributed by atoms with Gasteiger partial charge in [0.1, 0.15) is 18.0 Å². The first-order valence-corrected chi connectivity index (χ1v) is 14.3. The number of nitro groups is 1. The molecule has 1 unspecified atom stereocenters. The lowest BCUT2D eigenvalue weighted by Gasteiger charge is -2.28. The number of hydrogen-bond donors (Lipinski definition) is 3. The molecule has 4 rings (SSSR count). The highest BCUT2D eigenvalue weighted by atomic mass is 31.2. The van der Waals surface area contributed by atoms with E-state index in [0.29, 0.717) is 0 Å². The van der Waals surface area contributed by atoms with E-state index in [1.165, 1.54) is 55.6 Å². The maximum absolute atomic E-state index is 14.6. The molecule has 14 nitrogen and oxygen atoms in total. The Labute approximate surface area is 244 Å². The molecule has 0 radical (unpaired) electrons. The number of aromatic amines is 1. The molecule has 3 N–H and O–H groups in total. The smallest absolute Gasteiger partial charge is 0.414 e. The van der Waals surface area contributed by atoms with Gasteiger partial charge >= 0.3 is 13.3 Å². The first-order chi connectivity index (χ1) is 20.5. The van der Waals surface area contributed by atoms with Gasteiger partial charge in [-0.1, -0.05) is 48.5 Å². The number of carbonyl (C=O) groups excluding carboxylic acids is 2. The Kier molecular flexibility index (Phi) is 9.53. The summed E-state index contributed by atoms with van der Waals surface area (Å²) in [5, 5.41) is 16.4. The molecular formula is C28H26N5O9P. The molecule has 15 heteroatoms. The molecule has 0 fully saturated rings. The zero-order valence-electron chi connectivity index (χ0n) is 22.7. The van der Waals surface area contributed by atoms with Crippen molar-refractivity contribution in [3.05, 3.63) is 133 Å². The number of aryl methyl sites for hydroxylation is 1. The van der Waals surface area contributed by atoms with Crippen LogP contribution in [0.1, 0.15) is 16.9 Å². The topological polar surface area (TPSA) is 192 Å². The van der Waals surface area contributed by atoms with Crippen LogP contribution in [0.5, 0.6) is 11.5 Å². The van der Waals surface area contributed by atoms with Gasteiger partial charge < -0.3 is 19.7 Å². The minimum Gasteiger partial charge on any atom is -0.414 e. The summed E-state index contributed by atoms with van der Waals surface area (Å²) in [4.78, 5) is 62.1. The van der Waals surface area contributed by atoms with E-state index < -0.39 is 54.5 Å². The third kappa shape index (κ3) is 8.05. The van der Waals surface area contributed by atoms with Gasteiger partial charge in [0.25, 0.3) is 11.2 Å². The molecule has 3 aromatic carbocycles. The van der Waals surface area contributed by atoms with Gasteiger partial charge in [-0.25, -0.2) is 9.36 Å². The van der Waals surface area contributed by atoms with Gasteiger partial charge in [0.15, 0.2) is 5.78 Å². The molecule has 0 aliphatic heterocycles. The number of amides is 2. The third-order valence-electron chi connectivity index (χ3n) is 5.91. The molecule has 1 aromatic heterocycles. The molecule has 2 amide bonds. The highest BCUT2D eigenvalue weighted by molar-refractivity contribution is 7.55. The number of rotatable bonds is 12. The zero-order chi connectivity index (χ0) is 31.0. The lowest BCUT2D eigenvalue weighted by atomic mass is 10.2. The summed E-state index contributed by atoms with van der Waals surface area (Å²) >= 11 is 0. The van der Waals surface area contributed by atoms with Crippen molar-refractivity contribution in [3.8, 4) is 11.5 Å². The summed E-state index contributed by atoms with van der Waals surface area (Å²) in [5.41, 5.74) is -1.49. The number of nitrogens with zero attached hydrogens (tertiary/aromatic N) is 2. The Morgan fingerprint density at radius 3 is 2.14 bits per heavy atom. The number of nitrogens with one attached hydrogen (secondary N) is 3. The third-order valence-corrected chi connectivity index (χ3v) is 7.90. The van der Waals surface area contributed by atoms with E-state index in [4.69, 9.17) is 9.05 Å². The van der Waals surface area contributed by atoms with Gasteiger partial charge in [-0.15, -0.1) is 0 Å². The van der Waals surface area contributed by atoms with Gasteiger partial charge in [0.05, 0.1) is 11.5 Å². The summed E-state index contributed by atoms with van der Waals surface area (Å²) < 4.78 is 27.2. The van der Waals surface area contributed by atoms with E-state index in [0.717, 1.165) is 10.6 Å². The lowest BCUT2D eigenvalue weighted by molar-refractivity contribution is -0.384. The van der Waals surface area contributed by atoms with Gasteiger partial charge in [-0.3, -0.25) is 34.0 Å². The predicted octanol–water partition coefficient (Wildman–Crippen LogP) is 3.04. The van der Waals surface area contributed by atoms with Crippen molar-refractivity contribution in [2.45, 2.75) is 19.3 Å². The van der Waals surface area contributed by atoms with E-state index in [9.17, 15) is 33.9 Å². The Morgan fingerprint density at radius 2 is 1.56 bits per heavy atom. The summed E-state index contributed by atoms with van der Waals surface area (Å²) in [6.45, 7) is 0.338. The Bertz CT molecular complexity index is 1750. The molecule has 0 bridgehead atoms. The van der Waals surface area contributed by atoms with Crippen molar-refractivity contribution >= 4 is 25.1 Å². The molecule has 0 spiro atoms. The second-order valence-electron chi connectivity index (χ2n) is 9.15. The molecule has 1 atom stereocenters.